The number of halogens is 1. The van der Waals surface area contributed by atoms with Gasteiger partial charge in [-0.1, -0.05) is 6.07 Å². The summed E-state index contributed by atoms with van der Waals surface area (Å²) in [7, 11) is 1.62. The van der Waals surface area contributed by atoms with Gasteiger partial charge in [0, 0.05) is 6.21 Å². The van der Waals surface area contributed by atoms with Crippen LogP contribution in [0.1, 0.15) is 5.56 Å². The summed E-state index contributed by atoms with van der Waals surface area (Å²) in [4.78, 5) is 4.19. The molecule has 0 radical (unpaired) electrons. The Morgan fingerprint density at radius 3 is 2.53 bits per heavy atom. The Morgan fingerprint density at radius 1 is 1.12 bits per heavy atom. The lowest BCUT2D eigenvalue weighted by Crippen LogP contribution is -1.84. The Hall–Kier alpha value is -2.16. The van der Waals surface area contributed by atoms with Crippen LogP contribution in [0.15, 0.2) is 53.5 Å². The van der Waals surface area contributed by atoms with Crippen molar-refractivity contribution < 1.29 is 9.13 Å². The van der Waals surface area contributed by atoms with Gasteiger partial charge in [-0.25, -0.2) is 4.39 Å². The van der Waals surface area contributed by atoms with Crippen LogP contribution in [-0.4, -0.2) is 13.3 Å². The number of hydrogen-bond acceptors (Lipinski definition) is 2. The zero-order chi connectivity index (χ0) is 12.1. The standard InChI is InChI=1S/C14H12FNO/c1-17-14-7-5-11(6-8-14)10-16-13-4-2-3-12(15)9-13/h2-10H,1H3. The van der Waals surface area contributed by atoms with Gasteiger partial charge in [-0.05, 0) is 48.0 Å². The first-order valence-electron chi connectivity index (χ1n) is 5.21. The molecule has 2 aromatic carbocycles. The maximum Gasteiger partial charge on any atom is 0.125 e. The van der Waals surface area contributed by atoms with Crippen molar-refractivity contribution in [1.82, 2.24) is 0 Å². The molecule has 2 nitrogen and oxygen atoms in total. The van der Waals surface area contributed by atoms with E-state index in [2.05, 4.69) is 4.99 Å². The van der Waals surface area contributed by atoms with Crippen molar-refractivity contribution in [2.45, 2.75) is 0 Å². The second kappa shape index (κ2) is 5.25. The first-order valence-corrected chi connectivity index (χ1v) is 5.21. The fourth-order valence-corrected chi connectivity index (χ4v) is 1.40. The SMILES string of the molecule is COc1ccc(C=Nc2cccc(F)c2)cc1. The van der Waals surface area contributed by atoms with Crippen molar-refractivity contribution in [2.75, 3.05) is 7.11 Å². The number of ether oxygens (including phenoxy) is 1. The molecule has 0 unspecified atom stereocenters. The fourth-order valence-electron chi connectivity index (χ4n) is 1.40. The molecular weight excluding hydrogens is 217 g/mol. The summed E-state index contributed by atoms with van der Waals surface area (Å²) in [6, 6.07) is 13.7. The maximum absolute atomic E-state index is 12.9. The Morgan fingerprint density at radius 2 is 1.88 bits per heavy atom. The van der Waals surface area contributed by atoms with E-state index in [0.717, 1.165) is 11.3 Å². The van der Waals surface area contributed by atoms with Gasteiger partial charge in [0.25, 0.3) is 0 Å². The first kappa shape index (κ1) is 11.3. The molecule has 0 amide bonds. The molecule has 0 saturated heterocycles. The van der Waals surface area contributed by atoms with Gasteiger partial charge in [-0.2, -0.15) is 0 Å². The Kier molecular flexibility index (Phi) is 3.50. The second-order valence-electron chi connectivity index (χ2n) is 3.51. The van der Waals surface area contributed by atoms with Gasteiger partial charge in [0.15, 0.2) is 0 Å². The maximum atomic E-state index is 12.9. The van der Waals surface area contributed by atoms with Crippen LogP contribution in [-0.2, 0) is 0 Å². The minimum Gasteiger partial charge on any atom is -0.497 e. The first-order chi connectivity index (χ1) is 8.28. The van der Waals surface area contributed by atoms with Gasteiger partial charge in [0.2, 0.25) is 0 Å². The van der Waals surface area contributed by atoms with Crippen molar-refractivity contribution in [2.24, 2.45) is 4.99 Å². The van der Waals surface area contributed by atoms with E-state index in [1.807, 2.05) is 24.3 Å². The molecule has 3 heteroatoms. The zero-order valence-electron chi connectivity index (χ0n) is 9.43. The summed E-state index contributed by atoms with van der Waals surface area (Å²) < 4.78 is 18.0. The normalized spacial score (nSPS) is 10.7. The molecule has 0 saturated carbocycles. The predicted octanol–water partition coefficient (Wildman–Crippen LogP) is 3.58. The summed E-state index contributed by atoms with van der Waals surface area (Å²) >= 11 is 0. The van der Waals surface area contributed by atoms with Crippen LogP contribution in [0.25, 0.3) is 0 Å². The molecule has 2 rings (SSSR count). The molecule has 0 aromatic heterocycles. The molecule has 0 atom stereocenters. The van der Waals surface area contributed by atoms with E-state index >= 15 is 0 Å². The van der Waals surface area contributed by atoms with E-state index in [-0.39, 0.29) is 5.82 Å². The van der Waals surface area contributed by atoms with Crippen LogP contribution >= 0.6 is 0 Å². The number of hydrogen-bond donors (Lipinski definition) is 0. The third-order valence-corrected chi connectivity index (χ3v) is 2.29. The molecule has 86 valence electrons. The molecule has 0 spiro atoms. The highest BCUT2D eigenvalue weighted by Gasteiger charge is 1.93. The Bertz CT molecular complexity index is 520. The molecule has 2 aromatic rings. The summed E-state index contributed by atoms with van der Waals surface area (Å²) in [6.07, 6.45) is 1.69. The smallest absolute Gasteiger partial charge is 0.125 e. The molecule has 0 aliphatic rings. The van der Waals surface area contributed by atoms with Crippen LogP contribution in [0.2, 0.25) is 0 Å². The van der Waals surface area contributed by atoms with E-state index in [0.29, 0.717) is 5.69 Å². The van der Waals surface area contributed by atoms with E-state index in [9.17, 15) is 4.39 Å². The monoisotopic (exact) mass is 229 g/mol. The third kappa shape index (κ3) is 3.14. The number of aliphatic imine (C=N–C) groups is 1. The Balaban J connectivity index is 2.14. The topological polar surface area (TPSA) is 21.6 Å². The van der Waals surface area contributed by atoms with Crippen molar-refractivity contribution >= 4 is 11.9 Å². The fraction of sp³-hybridized carbons (Fsp3) is 0.0714. The quantitative estimate of drug-likeness (QED) is 0.737. The summed E-state index contributed by atoms with van der Waals surface area (Å²) in [6.45, 7) is 0. The van der Waals surface area contributed by atoms with Gasteiger partial charge >= 0.3 is 0 Å². The van der Waals surface area contributed by atoms with Gasteiger partial charge in [0.1, 0.15) is 11.6 Å². The molecule has 0 bridgehead atoms. The van der Waals surface area contributed by atoms with Crippen LogP contribution in [0, 0.1) is 5.82 Å². The molecule has 0 heterocycles. The lowest BCUT2D eigenvalue weighted by molar-refractivity contribution is 0.415. The van der Waals surface area contributed by atoms with E-state index in [1.54, 1.807) is 25.5 Å². The molecule has 0 N–H and O–H groups in total. The average Bonchev–Trinajstić information content (AvgIpc) is 2.37. The van der Waals surface area contributed by atoms with Crippen LogP contribution in [0.4, 0.5) is 10.1 Å². The molecular formula is C14H12FNO. The molecule has 0 fully saturated rings. The van der Waals surface area contributed by atoms with E-state index < -0.39 is 0 Å². The summed E-state index contributed by atoms with van der Waals surface area (Å²) in [5.41, 5.74) is 1.54. The number of benzene rings is 2. The number of nitrogens with zero attached hydrogens (tertiary/aromatic N) is 1. The number of methoxy groups -OCH3 is 1. The van der Waals surface area contributed by atoms with Crippen molar-refractivity contribution in [3.63, 3.8) is 0 Å². The average molecular weight is 229 g/mol. The summed E-state index contributed by atoms with van der Waals surface area (Å²) in [5, 5.41) is 0. The lowest BCUT2D eigenvalue weighted by Gasteiger charge is -1.99. The van der Waals surface area contributed by atoms with Crippen LogP contribution in [0.3, 0.4) is 0 Å². The molecule has 0 aliphatic carbocycles. The van der Waals surface area contributed by atoms with Gasteiger partial charge in [-0.15, -0.1) is 0 Å². The highest BCUT2D eigenvalue weighted by Crippen LogP contribution is 2.14. The Labute approximate surface area is 99.4 Å². The zero-order valence-corrected chi connectivity index (χ0v) is 9.43. The van der Waals surface area contributed by atoms with Crippen molar-refractivity contribution in [3.05, 3.63) is 59.9 Å². The van der Waals surface area contributed by atoms with Gasteiger partial charge < -0.3 is 4.74 Å². The van der Waals surface area contributed by atoms with Crippen LogP contribution in [0.5, 0.6) is 5.75 Å². The second-order valence-corrected chi connectivity index (χ2v) is 3.51. The van der Waals surface area contributed by atoms with Gasteiger partial charge in [0.05, 0.1) is 12.8 Å². The number of rotatable bonds is 3. The third-order valence-electron chi connectivity index (χ3n) is 2.29. The van der Waals surface area contributed by atoms with Gasteiger partial charge in [-0.3, -0.25) is 4.99 Å². The van der Waals surface area contributed by atoms with Crippen molar-refractivity contribution in [1.29, 1.82) is 0 Å². The molecule has 17 heavy (non-hydrogen) atoms. The minimum atomic E-state index is -0.283. The van der Waals surface area contributed by atoms with Crippen LogP contribution < -0.4 is 4.74 Å². The molecule has 0 aliphatic heterocycles. The predicted molar refractivity (Wildman–Crippen MR) is 66.6 cm³/mol. The summed E-state index contributed by atoms with van der Waals surface area (Å²) in [5.74, 6) is 0.516. The lowest BCUT2D eigenvalue weighted by atomic mass is 10.2. The highest BCUT2D eigenvalue weighted by molar-refractivity contribution is 5.82. The minimum absolute atomic E-state index is 0.283. The largest absolute Gasteiger partial charge is 0.497 e. The van der Waals surface area contributed by atoms with E-state index in [4.69, 9.17) is 4.74 Å². The van der Waals surface area contributed by atoms with E-state index in [1.165, 1.54) is 12.1 Å². The highest BCUT2D eigenvalue weighted by atomic mass is 19.1. The van der Waals surface area contributed by atoms with Crippen molar-refractivity contribution in [3.8, 4) is 5.75 Å².